The molecule has 0 fully saturated rings. The molecule has 0 bridgehead atoms. The number of rotatable bonds is 12. The molecule has 303 valence electrons. The Balaban J connectivity index is 0.000000231. The van der Waals surface area contributed by atoms with E-state index in [1.54, 1.807) is 0 Å². The van der Waals surface area contributed by atoms with Crippen molar-refractivity contribution in [1.29, 1.82) is 0 Å². The van der Waals surface area contributed by atoms with Crippen LogP contribution in [0, 0.1) is 17.0 Å². The van der Waals surface area contributed by atoms with Crippen molar-refractivity contribution < 1.29 is 17.4 Å². The van der Waals surface area contributed by atoms with E-state index in [1.165, 1.54) is 31.1 Å². The van der Waals surface area contributed by atoms with Gasteiger partial charge in [-0.15, -0.1) is 0 Å². The molecule has 0 aromatic heterocycles. The minimum atomic E-state index is -1.46. The molecule has 6 aromatic carbocycles. The van der Waals surface area contributed by atoms with Crippen LogP contribution in [0.5, 0.6) is 0 Å². The Morgan fingerprint density at radius 2 is 0.310 bits per heavy atom. The molecule has 6 rings (SSSR count). The molecule has 58 heavy (non-hydrogen) atoms. The predicted octanol–water partition coefficient (Wildman–Crippen LogP) is 10.5. The number of hydrogen-bond acceptors (Lipinski definition) is 0. The molecule has 0 saturated carbocycles. The van der Waals surface area contributed by atoms with E-state index >= 15 is 0 Å². The zero-order valence-electron chi connectivity index (χ0n) is 37.5. The van der Waals surface area contributed by atoms with Crippen molar-refractivity contribution in [3.8, 4) is 0 Å². The predicted molar refractivity (Wildman–Crippen MR) is 274 cm³/mol. The van der Waals surface area contributed by atoms with E-state index in [9.17, 15) is 0 Å². The van der Waals surface area contributed by atoms with Gasteiger partial charge in [-0.25, -0.2) is 0 Å². The van der Waals surface area contributed by atoms with E-state index in [2.05, 4.69) is 278 Å². The van der Waals surface area contributed by atoms with Gasteiger partial charge in [0, 0.05) is 0 Å². The van der Waals surface area contributed by atoms with Crippen LogP contribution < -0.4 is 31.1 Å². The first-order valence-corrected chi connectivity index (χ1v) is 39.2. The minimum absolute atomic E-state index is 0. The molecule has 0 spiro atoms. The molecule has 6 aromatic rings. The van der Waals surface area contributed by atoms with Gasteiger partial charge in [0.25, 0.3) is 0 Å². The second-order valence-corrected chi connectivity index (χ2v) is 46.5. The van der Waals surface area contributed by atoms with Crippen molar-refractivity contribution in [1.82, 2.24) is 0 Å². The van der Waals surface area contributed by atoms with E-state index in [-0.39, 0.29) is 17.4 Å². The molecule has 0 saturated heterocycles. The van der Waals surface area contributed by atoms with Gasteiger partial charge < -0.3 is 17.0 Å². The second-order valence-electron chi connectivity index (χ2n) is 19.0. The summed E-state index contributed by atoms with van der Waals surface area (Å²) in [6, 6.07) is 66.0. The molecular weight excluding hydrogens is 833 g/mol. The van der Waals surface area contributed by atoms with E-state index in [0.29, 0.717) is 0 Å². The molecule has 0 unspecified atom stereocenters. The van der Waals surface area contributed by atoms with Gasteiger partial charge in [0.05, 0.1) is 0 Å². The first-order chi connectivity index (χ1) is 26.8. The Bertz CT molecular complexity index is 1650. The SMILES string of the molecule is C[Si](C)([CH-][Si](C)(C)c1ccccc1)c1ccccc1.C[Si](C)([CH-][Si](C)(C)c1ccccc1)c1ccccc1.C[Si](C)([CH-][Si](C)(C)c1ccccc1)c1ccccc1.[Cr+3]. The Kier molecular flexibility index (Phi) is 18.4. The average Bonchev–Trinajstić information content (AvgIpc) is 3.19. The summed E-state index contributed by atoms with van der Waals surface area (Å²) in [6.45, 7) is 29.5. The van der Waals surface area contributed by atoms with Crippen molar-refractivity contribution in [3.63, 3.8) is 0 Å². The summed E-state index contributed by atoms with van der Waals surface area (Å²) in [5.41, 5.74) is 8.18. The van der Waals surface area contributed by atoms with Crippen molar-refractivity contribution in [2.75, 3.05) is 0 Å². The number of benzene rings is 6. The summed E-state index contributed by atoms with van der Waals surface area (Å²) >= 11 is 0. The van der Waals surface area contributed by atoms with Crippen LogP contribution in [-0.2, 0) is 17.4 Å². The summed E-state index contributed by atoms with van der Waals surface area (Å²) in [5.74, 6) is 0. The van der Waals surface area contributed by atoms with Crippen LogP contribution >= 0.6 is 0 Å². The molecule has 0 heterocycles. The van der Waals surface area contributed by atoms with Crippen LogP contribution in [0.2, 0.25) is 78.6 Å². The van der Waals surface area contributed by atoms with Gasteiger partial charge in [-0.3, -0.25) is 0 Å². The van der Waals surface area contributed by atoms with Gasteiger partial charge in [0.1, 0.15) is 0 Å². The fourth-order valence-electron chi connectivity index (χ4n) is 8.41. The van der Waals surface area contributed by atoms with E-state index in [1.807, 2.05) is 0 Å². The normalized spacial score (nSPS) is 12.2. The van der Waals surface area contributed by atoms with Gasteiger partial charge in [-0.05, 0) is 0 Å². The Morgan fingerprint density at radius 3 is 0.414 bits per heavy atom. The third-order valence-corrected chi connectivity index (χ3v) is 39.5. The maximum Gasteiger partial charge on any atom is 3.00 e. The molecule has 0 nitrogen and oxygen atoms in total. The quantitative estimate of drug-likeness (QED) is 0.0848. The maximum absolute atomic E-state index is 2.73. The monoisotopic (exact) mass is 901 g/mol. The van der Waals surface area contributed by atoms with Crippen molar-refractivity contribution >= 4 is 79.6 Å². The van der Waals surface area contributed by atoms with Gasteiger partial charge in [-0.1, -0.05) is 340 Å². The Hall–Kier alpha value is -2.85. The summed E-state index contributed by atoms with van der Waals surface area (Å²) in [6.07, 6.45) is 0. The van der Waals surface area contributed by atoms with E-state index < -0.39 is 48.4 Å². The maximum atomic E-state index is 2.73. The van der Waals surface area contributed by atoms with Crippen LogP contribution in [0.1, 0.15) is 0 Å². The molecule has 0 N–H and O–H groups in total. The van der Waals surface area contributed by atoms with Gasteiger partial charge in [0.15, 0.2) is 0 Å². The Labute approximate surface area is 371 Å². The molecule has 0 aliphatic carbocycles. The zero-order chi connectivity index (χ0) is 41.8. The van der Waals surface area contributed by atoms with E-state index in [0.717, 1.165) is 0 Å². The standard InChI is InChI=1S/3C17H23Si2.Cr/c3*1-18(2,16-11-7-5-8-12-16)15-19(3,4)17-13-9-6-10-14-17;/h3*5-15H,1-4H3;/q3*-1;+3. The third-order valence-electron chi connectivity index (χ3n) is 11.3. The third kappa shape index (κ3) is 14.7. The molecule has 1 radical (unpaired) electrons. The zero-order valence-corrected chi connectivity index (χ0v) is 44.7. The first-order valence-electron chi connectivity index (χ1n) is 20.7. The van der Waals surface area contributed by atoms with Crippen LogP contribution in [0.15, 0.2) is 182 Å². The molecule has 0 aliphatic heterocycles. The van der Waals surface area contributed by atoms with Gasteiger partial charge >= 0.3 is 17.4 Å². The first kappa shape index (κ1) is 49.5. The fraction of sp³-hybridized carbons (Fsp3) is 0.235. The average molecular weight is 903 g/mol. The van der Waals surface area contributed by atoms with Crippen molar-refractivity contribution in [3.05, 3.63) is 199 Å². The van der Waals surface area contributed by atoms with E-state index in [4.69, 9.17) is 0 Å². The topological polar surface area (TPSA) is 0 Å². The fourth-order valence-corrected chi connectivity index (χ4v) is 40.4. The molecule has 0 atom stereocenters. The van der Waals surface area contributed by atoms with Crippen LogP contribution in [-0.4, -0.2) is 48.4 Å². The minimum Gasteiger partial charge on any atom is -0.318 e. The molecule has 7 heteroatoms. The number of hydrogen-bond donors (Lipinski definition) is 0. The van der Waals surface area contributed by atoms with Crippen LogP contribution in [0.25, 0.3) is 0 Å². The van der Waals surface area contributed by atoms with Crippen LogP contribution in [0.4, 0.5) is 0 Å². The molecular formula is C51H69CrSi6. The van der Waals surface area contributed by atoms with Crippen molar-refractivity contribution in [2.24, 2.45) is 0 Å². The Morgan fingerprint density at radius 1 is 0.207 bits per heavy atom. The largest absolute Gasteiger partial charge is 3.00 e. The van der Waals surface area contributed by atoms with Gasteiger partial charge in [0.2, 0.25) is 0 Å². The van der Waals surface area contributed by atoms with Crippen LogP contribution in [0.3, 0.4) is 0 Å². The smallest absolute Gasteiger partial charge is 0.318 e. The summed E-state index contributed by atoms with van der Waals surface area (Å²) in [5, 5.41) is 9.20. The summed E-state index contributed by atoms with van der Waals surface area (Å²) in [7, 11) is -8.77. The van der Waals surface area contributed by atoms with Crippen molar-refractivity contribution in [2.45, 2.75) is 78.6 Å². The molecule has 0 amide bonds. The van der Waals surface area contributed by atoms with Gasteiger partial charge in [-0.2, -0.15) is 0 Å². The summed E-state index contributed by atoms with van der Waals surface area (Å²) in [4.78, 5) is 0. The summed E-state index contributed by atoms with van der Waals surface area (Å²) < 4.78 is 0. The molecule has 0 aliphatic rings. The second kappa shape index (κ2) is 21.6.